The highest BCUT2D eigenvalue weighted by Gasteiger charge is 2.18. The predicted molar refractivity (Wildman–Crippen MR) is 130 cm³/mol. The van der Waals surface area contributed by atoms with Crippen LogP contribution in [0.15, 0.2) is 104 Å². The molecule has 0 unspecified atom stereocenters. The lowest BCUT2D eigenvalue weighted by Gasteiger charge is -2.19. The number of rotatable bonds is 6. The zero-order valence-corrected chi connectivity index (χ0v) is 17.7. The summed E-state index contributed by atoms with van der Waals surface area (Å²) < 4.78 is 0. The molecule has 0 aliphatic rings. The minimum Gasteiger partial charge on any atom is -0.478 e. The van der Waals surface area contributed by atoms with Gasteiger partial charge in [-0.15, -0.1) is 0 Å². The topological polar surface area (TPSA) is 78.9 Å². The Kier molecular flexibility index (Phi) is 5.52. The van der Waals surface area contributed by atoms with Crippen LogP contribution in [-0.2, 0) is 4.79 Å². The van der Waals surface area contributed by atoms with E-state index in [0.29, 0.717) is 11.2 Å². The van der Waals surface area contributed by atoms with Crippen molar-refractivity contribution in [2.75, 3.05) is 0 Å². The number of aromatic amines is 1. The maximum Gasteiger partial charge on any atom is 0.328 e. The molecule has 0 aliphatic heterocycles. The molecule has 5 nitrogen and oxygen atoms in total. The Balaban J connectivity index is 1.61. The van der Waals surface area contributed by atoms with Gasteiger partial charge in [-0.25, -0.2) is 14.8 Å². The Bertz CT molecular complexity index is 1380. The molecule has 3 aromatic carbocycles. The molecule has 0 aliphatic carbocycles. The lowest BCUT2D eigenvalue weighted by molar-refractivity contribution is -0.131. The molecule has 5 aromatic rings. The minimum atomic E-state index is -1.01. The first-order valence-corrected chi connectivity index (χ1v) is 10.6. The Morgan fingerprint density at radius 1 is 0.818 bits per heavy atom. The molecule has 0 bridgehead atoms. The van der Waals surface area contributed by atoms with E-state index in [-0.39, 0.29) is 5.92 Å². The largest absolute Gasteiger partial charge is 0.478 e. The molecule has 33 heavy (non-hydrogen) atoms. The van der Waals surface area contributed by atoms with Crippen LogP contribution in [0.25, 0.3) is 28.4 Å². The molecular formula is C28H21N3O2. The second-order valence-electron chi connectivity index (χ2n) is 7.74. The normalized spacial score (nSPS) is 11.4. The summed E-state index contributed by atoms with van der Waals surface area (Å²) in [5, 5.41) is 9.10. The van der Waals surface area contributed by atoms with Crippen molar-refractivity contribution in [1.29, 1.82) is 0 Å². The summed E-state index contributed by atoms with van der Waals surface area (Å²) in [6.07, 6.45) is 5.94. The van der Waals surface area contributed by atoms with E-state index in [4.69, 9.17) is 5.11 Å². The van der Waals surface area contributed by atoms with E-state index in [0.717, 1.165) is 22.7 Å². The molecule has 160 valence electrons. The minimum absolute atomic E-state index is 0.109. The van der Waals surface area contributed by atoms with E-state index in [1.807, 2.05) is 12.1 Å². The summed E-state index contributed by atoms with van der Waals surface area (Å²) >= 11 is 0. The average molecular weight is 431 g/mol. The molecule has 0 spiro atoms. The summed E-state index contributed by atoms with van der Waals surface area (Å²) in [4.78, 5) is 22.8. The molecule has 2 heterocycles. The van der Waals surface area contributed by atoms with Gasteiger partial charge >= 0.3 is 5.97 Å². The number of carbonyl (C=O) groups is 1. The van der Waals surface area contributed by atoms with Crippen LogP contribution < -0.4 is 0 Å². The number of benzene rings is 3. The number of carboxylic acids is 1. The summed E-state index contributed by atoms with van der Waals surface area (Å²) in [6.45, 7) is 0. The van der Waals surface area contributed by atoms with Gasteiger partial charge in [0, 0.05) is 29.3 Å². The van der Waals surface area contributed by atoms with Crippen molar-refractivity contribution < 1.29 is 9.90 Å². The highest BCUT2D eigenvalue weighted by atomic mass is 16.4. The van der Waals surface area contributed by atoms with Crippen LogP contribution in [-0.4, -0.2) is 26.0 Å². The van der Waals surface area contributed by atoms with Crippen LogP contribution in [0, 0.1) is 0 Å². The number of nitrogens with zero attached hydrogens (tertiary/aromatic N) is 2. The van der Waals surface area contributed by atoms with E-state index >= 15 is 0 Å². The summed E-state index contributed by atoms with van der Waals surface area (Å²) in [6, 6.07) is 29.3. The molecule has 0 saturated carbocycles. The van der Waals surface area contributed by atoms with Crippen molar-refractivity contribution in [3.8, 4) is 11.1 Å². The van der Waals surface area contributed by atoms with Gasteiger partial charge in [0.1, 0.15) is 0 Å². The highest BCUT2D eigenvalue weighted by Crippen LogP contribution is 2.35. The first-order chi connectivity index (χ1) is 16.2. The zero-order valence-electron chi connectivity index (χ0n) is 17.7. The third-order valence-corrected chi connectivity index (χ3v) is 5.69. The van der Waals surface area contributed by atoms with Crippen LogP contribution in [0.5, 0.6) is 0 Å². The van der Waals surface area contributed by atoms with Crippen molar-refractivity contribution in [1.82, 2.24) is 15.0 Å². The van der Waals surface area contributed by atoms with Gasteiger partial charge in [-0.1, -0.05) is 84.9 Å². The third kappa shape index (κ3) is 4.16. The molecule has 5 heteroatoms. The van der Waals surface area contributed by atoms with E-state index in [9.17, 15) is 4.79 Å². The van der Waals surface area contributed by atoms with Gasteiger partial charge in [-0.05, 0) is 28.3 Å². The summed E-state index contributed by atoms with van der Waals surface area (Å²) in [5.41, 5.74) is 7.53. The second-order valence-corrected chi connectivity index (χ2v) is 7.74. The zero-order chi connectivity index (χ0) is 22.6. The summed E-state index contributed by atoms with van der Waals surface area (Å²) in [5.74, 6) is -0.896. The number of hydrogen-bond acceptors (Lipinski definition) is 3. The van der Waals surface area contributed by atoms with Crippen LogP contribution in [0.4, 0.5) is 0 Å². The van der Waals surface area contributed by atoms with Gasteiger partial charge in [0.2, 0.25) is 0 Å². The fourth-order valence-corrected chi connectivity index (χ4v) is 4.22. The molecule has 0 saturated heterocycles. The van der Waals surface area contributed by atoms with Gasteiger partial charge < -0.3 is 10.1 Å². The average Bonchev–Trinajstić information content (AvgIpc) is 3.33. The third-order valence-electron chi connectivity index (χ3n) is 5.69. The number of pyridine rings is 1. The fourth-order valence-electron chi connectivity index (χ4n) is 4.22. The number of aliphatic carboxylic acids is 1. The Hall–Kier alpha value is -4.51. The van der Waals surface area contributed by atoms with Gasteiger partial charge in [0.15, 0.2) is 5.65 Å². The monoisotopic (exact) mass is 431 g/mol. The van der Waals surface area contributed by atoms with Crippen LogP contribution >= 0.6 is 0 Å². The summed E-state index contributed by atoms with van der Waals surface area (Å²) in [7, 11) is 0. The van der Waals surface area contributed by atoms with Crippen molar-refractivity contribution in [2.24, 2.45) is 0 Å². The van der Waals surface area contributed by atoms with Gasteiger partial charge in [0.25, 0.3) is 0 Å². The first kappa shape index (κ1) is 20.4. The number of hydrogen-bond donors (Lipinski definition) is 2. The molecule has 2 N–H and O–H groups in total. The second kappa shape index (κ2) is 8.93. The molecular weight excluding hydrogens is 410 g/mol. The molecule has 0 atom stereocenters. The maximum atomic E-state index is 11.1. The van der Waals surface area contributed by atoms with E-state index in [1.54, 1.807) is 18.6 Å². The van der Waals surface area contributed by atoms with E-state index < -0.39 is 5.97 Å². The Morgan fingerprint density at radius 3 is 2.03 bits per heavy atom. The van der Waals surface area contributed by atoms with E-state index in [1.165, 1.54) is 16.7 Å². The van der Waals surface area contributed by atoms with Crippen LogP contribution in [0.2, 0.25) is 0 Å². The fraction of sp³-hybridized carbons (Fsp3) is 0.0357. The molecule has 0 radical (unpaired) electrons. The lowest BCUT2D eigenvalue weighted by atomic mass is 9.84. The number of aromatic nitrogens is 3. The van der Waals surface area contributed by atoms with E-state index in [2.05, 4.69) is 87.7 Å². The number of imidazole rings is 1. The molecule has 0 amide bonds. The standard InChI is InChI=1S/C28H21N3O2/c32-24(33)16-15-23-17-29-28-27(30-18-31-28)26(23)22-13-11-21(12-14-22)25(19-7-3-1-4-8-19)20-9-5-2-6-10-20/h1-18,25H,(H,32,33)(H,29,30,31). The lowest BCUT2D eigenvalue weighted by Crippen LogP contribution is -2.03. The first-order valence-electron chi connectivity index (χ1n) is 10.6. The number of fused-ring (bicyclic) bond motifs is 1. The maximum absolute atomic E-state index is 11.1. The smallest absolute Gasteiger partial charge is 0.328 e. The number of carboxylic acid groups (broad SMARTS) is 1. The van der Waals surface area contributed by atoms with Gasteiger partial charge in [0.05, 0.1) is 11.8 Å². The number of nitrogens with one attached hydrogen (secondary N) is 1. The van der Waals surface area contributed by atoms with Crippen molar-refractivity contribution in [3.05, 3.63) is 126 Å². The predicted octanol–water partition coefficient (Wildman–Crippen LogP) is 5.90. The molecule has 2 aromatic heterocycles. The molecule has 5 rings (SSSR count). The van der Waals surface area contributed by atoms with Crippen molar-refractivity contribution >= 4 is 23.2 Å². The van der Waals surface area contributed by atoms with Crippen LogP contribution in [0.1, 0.15) is 28.2 Å². The van der Waals surface area contributed by atoms with Crippen LogP contribution in [0.3, 0.4) is 0 Å². The Labute approximate surface area is 191 Å². The quantitative estimate of drug-likeness (QED) is 0.259. The number of H-pyrrole nitrogens is 1. The Morgan fingerprint density at radius 2 is 1.42 bits per heavy atom. The molecule has 0 fully saturated rings. The van der Waals surface area contributed by atoms with Crippen molar-refractivity contribution in [3.63, 3.8) is 0 Å². The SMILES string of the molecule is O=C(O)C=Cc1cnc2nc[nH]c2c1-c1ccc(C(c2ccccc2)c2ccccc2)cc1. The van der Waals surface area contributed by atoms with Gasteiger partial charge in [-0.2, -0.15) is 0 Å². The van der Waals surface area contributed by atoms with Crippen molar-refractivity contribution in [2.45, 2.75) is 5.92 Å². The van der Waals surface area contributed by atoms with Gasteiger partial charge in [-0.3, -0.25) is 0 Å². The highest BCUT2D eigenvalue weighted by molar-refractivity contribution is 5.96.